The van der Waals surface area contributed by atoms with E-state index < -0.39 is 17.4 Å². The minimum atomic E-state index is -1.19. The molecule has 0 bridgehead atoms. The molecule has 7 heteroatoms. The number of carbonyl (C=O) groups is 3. The van der Waals surface area contributed by atoms with Crippen molar-refractivity contribution in [1.29, 1.82) is 0 Å². The highest BCUT2D eigenvalue weighted by molar-refractivity contribution is 6.48. The van der Waals surface area contributed by atoms with Crippen LogP contribution in [0.3, 0.4) is 0 Å². The van der Waals surface area contributed by atoms with Gasteiger partial charge in [0, 0.05) is 17.7 Å². The Hall–Kier alpha value is -3.48. The first kappa shape index (κ1) is 19.3. The zero-order chi connectivity index (χ0) is 20.3. The van der Waals surface area contributed by atoms with Gasteiger partial charge in [0.15, 0.2) is 0 Å². The summed E-state index contributed by atoms with van der Waals surface area (Å²) in [5.74, 6) is -1.39. The molecule has 28 heavy (non-hydrogen) atoms. The van der Waals surface area contributed by atoms with Crippen LogP contribution in [0.15, 0.2) is 59.6 Å². The molecule has 1 saturated heterocycles. The lowest BCUT2D eigenvalue weighted by molar-refractivity contribution is -0.149. The predicted molar refractivity (Wildman–Crippen MR) is 106 cm³/mol. The Morgan fingerprint density at radius 3 is 2.36 bits per heavy atom. The van der Waals surface area contributed by atoms with Gasteiger partial charge in [-0.25, -0.2) is 9.79 Å². The number of nitrogens with zero attached hydrogens (tertiary/aromatic N) is 2. The van der Waals surface area contributed by atoms with Crippen molar-refractivity contribution in [1.82, 2.24) is 0 Å². The predicted octanol–water partition coefficient (Wildman–Crippen LogP) is 2.62. The monoisotopic (exact) mass is 379 g/mol. The molecule has 3 rings (SSSR count). The molecular weight excluding hydrogens is 358 g/mol. The minimum Gasteiger partial charge on any atom is -0.464 e. The van der Waals surface area contributed by atoms with E-state index in [0.29, 0.717) is 16.9 Å². The number of benzene rings is 2. The quantitative estimate of drug-likeness (QED) is 0.807. The second-order valence-corrected chi connectivity index (χ2v) is 6.62. The van der Waals surface area contributed by atoms with Crippen molar-refractivity contribution in [3.05, 3.63) is 60.2 Å². The van der Waals surface area contributed by atoms with Crippen LogP contribution in [-0.2, 0) is 14.3 Å². The number of carbonyl (C=O) groups excluding carboxylic acids is 3. The van der Waals surface area contributed by atoms with Gasteiger partial charge in [-0.15, -0.1) is 0 Å². The number of aliphatic imine (C=N–C) groups is 1. The van der Waals surface area contributed by atoms with Gasteiger partial charge in [0.25, 0.3) is 5.91 Å². The summed E-state index contributed by atoms with van der Waals surface area (Å²) in [6.45, 7) is 3.61. The van der Waals surface area contributed by atoms with E-state index in [1.807, 2.05) is 6.07 Å². The van der Waals surface area contributed by atoms with E-state index in [-0.39, 0.29) is 24.6 Å². The number of rotatable bonds is 5. The van der Waals surface area contributed by atoms with Gasteiger partial charge >= 0.3 is 5.97 Å². The van der Waals surface area contributed by atoms with Crippen LogP contribution >= 0.6 is 0 Å². The summed E-state index contributed by atoms with van der Waals surface area (Å²) in [4.78, 5) is 42.9. The normalized spacial score (nSPS) is 20.4. The Morgan fingerprint density at radius 2 is 1.79 bits per heavy atom. The average Bonchev–Trinajstić information content (AvgIpc) is 2.94. The van der Waals surface area contributed by atoms with Crippen LogP contribution < -0.4 is 10.6 Å². The second-order valence-electron chi connectivity index (χ2n) is 6.62. The van der Waals surface area contributed by atoms with Crippen LogP contribution in [-0.4, -0.2) is 35.6 Å². The maximum absolute atomic E-state index is 13.1. The second kappa shape index (κ2) is 7.64. The highest BCUT2D eigenvalue weighted by Crippen LogP contribution is 2.35. The molecule has 1 heterocycles. The van der Waals surface area contributed by atoms with E-state index in [4.69, 9.17) is 10.5 Å². The first-order chi connectivity index (χ1) is 13.4. The molecule has 1 fully saturated rings. The number of esters is 1. The highest BCUT2D eigenvalue weighted by atomic mass is 16.5. The van der Waals surface area contributed by atoms with E-state index in [2.05, 4.69) is 4.99 Å². The molecule has 0 aliphatic carbocycles. The Kier molecular flexibility index (Phi) is 5.26. The Bertz CT molecular complexity index is 938. The number of ether oxygens (including phenoxy) is 1. The fraction of sp³-hybridized carbons (Fsp3) is 0.238. The van der Waals surface area contributed by atoms with Gasteiger partial charge in [0.2, 0.25) is 5.91 Å². The Balaban J connectivity index is 2.01. The lowest BCUT2D eigenvalue weighted by Gasteiger charge is -2.32. The molecule has 0 saturated carbocycles. The molecule has 2 aromatic carbocycles. The summed E-state index contributed by atoms with van der Waals surface area (Å²) in [5.41, 5.74) is 5.73. The zero-order valence-corrected chi connectivity index (χ0v) is 15.7. The SMILES string of the molecule is CCOC(=O)C1(C)CC(=Nc2ccc(C(N)=O)cc2)C(=O)N1c1ccccc1. The standard InChI is InChI=1S/C21H21N3O4/c1-3-28-20(27)21(2)13-17(19(26)24(21)16-7-5-4-6-8-16)23-15-11-9-14(10-12-15)18(22)25/h4-12H,3,13H2,1-2H3,(H2,22,25). The van der Waals surface area contributed by atoms with Crippen molar-refractivity contribution in [3.8, 4) is 0 Å². The number of anilines is 1. The van der Waals surface area contributed by atoms with Crippen LogP contribution in [0.2, 0.25) is 0 Å². The molecule has 0 radical (unpaired) electrons. The molecule has 2 N–H and O–H groups in total. The van der Waals surface area contributed by atoms with E-state index in [1.54, 1.807) is 62.4 Å². The third kappa shape index (κ3) is 3.51. The highest BCUT2D eigenvalue weighted by Gasteiger charge is 2.52. The van der Waals surface area contributed by atoms with E-state index in [9.17, 15) is 14.4 Å². The van der Waals surface area contributed by atoms with Gasteiger partial charge in [0.05, 0.1) is 12.3 Å². The molecule has 2 amide bonds. The van der Waals surface area contributed by atoms with Crippen molar-refractivity contribution in [2.45, 2.75) is 25.8 Å². The molecule has 1 aliphatic heterocycles. The maximum Gasteiger partial charge on any atom is 0.332 e. The Morgan fingerprint density at radius 1 is 1.14 bits per heavy atom. The van der Waals surface area contributed by atoms with E-state index >= 15 is 0 Å². The van der Waals surface area contributed by atoms with Gasteiger partial charge in [-0.05, 0) is 50.2 Å². The number of hydrogen-bond acceptors (Lipinski definition) is 5. The van der Waals surface area contributed by atoms with Crippen LogP contribution in [0.5, 0.6) is 0 Å². The maximum atomic E-state index is 13.1. The molecule has 1 aliphatic rings. The topological polar surface area (TPSA) is 102 Å². The lowest BCUT2D eigenvalue weighted by Crippen LogP contribution is -2.50. The van der Waals surface area contributed by atoms with Gasteiger partial charge in [-0.3, -0.25) is 14.5 Å². The number of primary amides is 1. The number of amides is 2. The fourth-order valence-electron chi connectivity index (χ4n) is 3.21. The Labute approximate surface area is 162 Å². The average molecular weight is 379 g/mol. The number of para-hydroxylation sites is 1. The van der Waals surface area contributed by atoms with E-state index in [1.165, 1.54) is 4.90 Å². The molecule has 144 valence electrons. The summed E-state index contributed by atoms with van der Waals surface area (Å²) in [6.07, 6.45) is 0.108. The molecular formula is C21H21N3O4. The van der Waals surface area contributed by atoms with Gasteiger partial charge in [-0.2, -0.15) is 0 Å². The van der Waals surface area contributed by atoms with E-state index in [0.717, 1.165) is 0 Å². The van der Waals surface area contributed by atoms with Crippen LogP contribution in [0, 0.1) is 0 Å². The minimum absolute atomic E-state index is 0.108. The van der Waals surface area contributed by atoms with Gasteiger partial charge in [-0.1, -0.05) is 18.2 Å². The van der Waals surface area contributed by atoms with Crippen molar-refractivity contribution in [2.24, 2.45) is 10.7 Å². The number of hydrogen-bond donors (Lipinski definition) is 1. The zero-order valence-electron chi connectivity index (χ0n) is 15.7. The molecule has 7 nitrogen and oxygen atoms in total. The molecule has 0 spiro atoms. The van der Waals surface area contributed by atoms with Crippen LogP contribution in [0.25, 0.3) is 0 Å². The van der Waals surface area contributed by atoms with Crippen molar-refractivity contribution in [2.75, 3.05) is 11.5 Å². The summed E-state index contributed by atoms with van der Waals surface area (Å²) < 4.78 is 5.23. The lowest BCUT2D eigenvalue weighted by atomic mass is 9.98. The largest absolute Gasteiger partial charge is 0.464 e. The summed E-state index contributed by atoms with van der Waals surface area (Å²) in [7, 11) is 0. The van der Waals surface area contributed by atoms with Crippen molar-refractivity contribution >= 4 is 34.9 Å². The van der Waals surface area contributed by atoms with Crippen LogP contribution in [0.4, 0.5) is 11.4 Å². The van der Waals surface area contributed by atoms with Gasteiger partial charge in [0.1, 0.15) is 11.3 Å². The van der Waals surface area contributed by atoms with Crippen molar-refractivity contribution < 1.29 is 19.1 Å². The van der Waals surface area contributed by atoms with Crippen molar-refractivity contribution in [3.63, 3.8) is 0 Å². The smallest absolute Gasteiger partial charge is 0.332 e. The molecule has 0 aromatic heterocycles. The number of nitrogens with two attached hydrogens (primary N) is 1. The third-order valence-electron chi connectivity index (χ3n) is 4.60. The summed E-state index contributed by atoms with van der Waals surface area (Å²) in [6, 6.07) is 15.3. The van der Waals surface area contributed by atoms with Crippen LogP contribution in [0.1, 0.15) is 30.6 Å². The fourth-order valence-corrected chi connectivity index (χ4v) is 3.21. The van der Waals surface area contributed by atoms with Gasteiger partial charge < -0.3 is 10.5 Å². The first-order valence-corrected chi connectivity index (χ1v) is 8.91. The molecule has 2 aromatic rings. The molecule has 1 atom stereocenters. The first-order valence-electron chi connectivity index (χ1n) is 8.91. The summed E-state index contributed by atoms with van der Waals surface area (Å²) >= 11 is 0. The molecule has 1 unspecified atom stereocenters. The summed E-state index contributed by atoms with van der Waals surface area (Å²) in [5, 5.41) is 0. The third-order valence-corrected chi connectivity index (χ3v) is 4.60.